The molecule has 0 aliphatic heterocycles. The number of benzene rings is 1. The molecule has 4 heteroatoms. The second-order valence-corrected chi connectivity index (χ2v) is 5.34. The minimum absolute atomic E-state index is 0.271. The molecule has 2 rings (SSSR count). The Morgan fingerprint density at radius 3 is 2.53 bits per heavy atom. The van der Waals surface area contributed by atoms with Crippen LogP contribution in [0.3, 0.4) is 0 Å². The van der Waals surface area contributed by atoms with Crippen LogP contribution in [0.4, 0.5) is 4.39 Å². The van der Waals surface area contributed by atoms with E-state index in [2.05, 4.69) is 0 Å². The largest absolute Gasteiger partial charge is 0.465 e. The average molecular weight is 265 g/mol. The fourth-order valence-corrected chi connectivity index (χ4v) is 2.76. The van der Waals surface area contributed by atoms with Crippen LogP contribution < -0.4 is 5.73 Å². The molecule has 1 aromatic rings. The topological polar surface area (TPSA) is 52.3 Å². The summed E-state index contributed by atoms with van der Waals surface area (Å²) >= 11 is 0. The van der Waals surface area contributed by atoms with Crippen LogP contribution in [0.15, 0.2) is 12.1 Å². The summed E-state index contributed by atoms with van der Waals surface area (Å²) in [5.74, 6) is -0.911. The van der Waals surface area contributed by atoms with Gasteiger partial charge in [-0.2, -0.15) is 0 Å². The predicted octanol–water partition coefficient (Wildman–Crippen LogP) is 3.04. The van der Waals surface area contributed by atoms with Gasteiger partial charge in [-0.25, -0.2) is 9.18 Å². The molecule has 1 aliphatic carbocycles. The minimum atomic E-state index is -0.518. The maximum absolute atomic E-state index is 14.0. The second kappa shape index (κ2) is 5.29. The van der Waals surface area contributed by atoms with Crippen molar-refractivity contribution in [2.24, 2.45) is 5.73 Å². The molecule has 0 amide bonds. The van der Waals surface area contributed by atoms with Crippen molar-refractivity contribution >= 4 is 5.97 Å². The lowest BCUT2D eigenvalue weighted by Crippen LogP contribution is -2.39. The Bertz CT molecular complexity index is 493. The summed E-state index contributed by atoms with van der Waals surface area (Å²) < 4.78 is 18.7. The molecule has 0 atom stereocenters. The highest BCUT2D eigenvalue weighted by atomic mass is 19.1. The van der Waals surface area contributed by atoms with Gasteiger partial charge in [0.15, 0.2) is 0 Å². The normalized spacial score (nSPS) is 18.1. The van der Waals surface area contributed by atoms with Gasteiger partial charge in [-0.1, -0.05) is 19.3 Å². The molecule has 2 N–H and O–H groups in total. The molecule has 0 aromatic heterocycles. The van der Waals surface area contributed by atoms with Crippen LogP contribution in [0.2, 0.25) is 0 Å². The Labute approximate surface area is 112 Å². The van der Waals surface area contributed by atoms with E-state index in [9.17, 15) is 9.18 Å². The summed E-state index contributed by atoms with van der Waals surface area (Å²) in [6.07, 6.45) is 4.91. The van der Waals surface area contributed by atoms with E-state index in [4.69, 9.17) is 10.5 Å². The van der Waals surface area contributed by atoms with Gasteiger partial charge in [-0.3, -0.25) is 0 Å². The highest BCUT2D eigenvalue weighted by Gasteiger charge is 2.31. The van der Waals surface area contributed by atoms with Crippen LogP contribution in [0.1, 0.15) is 53.6 Å². The highest BCUT2D eigenvalue weighted by molar-refractivity contribution is 5.91. The molecule has 0 unspecified atom stereocenters. The molecule has 0 heterocycles. The molecule has 1 fully saturated rings. The van der Waals surface area contributed by atoms with Gasteiger partial charge in [-0.05, 0) is 43.0 Å². The summed E-state index contributed by atoms with van der Waals surface area (Å²) in [5, 5.41) is 0. The Hall–Kier alpha value is -1.42. The Morgan fingerprint density at radius 2 is 1.95 bits per heavy atom. The monoisotopic (exact) mass is 265 g/mol. The Morgan fingerprint density at radius 1 is 1.32 bits per heavy atom. The van der Waals surface area contributed by atoms with Gasteiger partial charge in [0.25, 0.3) is 0 Å². The lowest BCUT2D eigenvalue weighted by Gasteiger charge is -2.34. The molecule has 0 saturated heterocycles. The summed E-state index contributed by atoms with van der Waals surface area (Å²) in [6.45, 7) is 1.58. The molecule has 3 nitrogen and oxygen atoms in total. The van der Waals surface area contributed by atoms with E-state index in [0.717, 1.165) is 32.1 Å². The molecule has 19 heavy (non-hydrogen) atoms. The molecule has 0 bridgehead atoms. The van der Waals surface area contributed by atoms with E-state index in [1.54, 1.807) is 13.0 Å². The third kappa shape index (κ3) is 2.63. The highest BCUT2D eigenvalue weighted by Crippen LogP contribution is 2.36. The quantitative estimate of drug-likeness (QED) is 0.836. The molecule has 1 aromatic carbocycles. The predicted molar refractivity (Wildman–Crippen MR) is 71.4 cm³/mol. The Kier molecular flexibility index (Phi) is 3.90. The average Bonchev–Trinajstić information content (AvgIpc) is 2.41. The zero-order valence-corrected chi connectivity index (χ0v) is 11.5. The molecule has 104 valence electrons. The minimum Gasteiger partial charge on any atom is -0.465 e. The third-order valence-electron chi connectivity index (χ3n) is 4.07. The number of rotatable bonds is 2. The van der Waals surface area contributed by atoms with Gasteiger partial charge < -0.3 is 10.5 Å². The van der Waals surface area contributed by atoms with Crippen LogP contribution in [-0.2, 0) is 10.3 Å². The number of ether oxygens (including phenoxy) is 1. The van der Waals surface area contributed by atoms with Gasteiger partial charge >= 0.3 is 5.97 Å². The van der Waals surface area contributed by atoms with Crippen molar-refractivity contribution in [2.45, 2.75) is 44.6 Å². The van der Waals surface area contributed by atoms with Crippen molar-refractivity contribution in [1.29, 1.82) is 0 Å². The standard InChI is InChI=1S/C15H20FNO2/c1-10-12(14(18)19-2)8-11(9-13(10)16)15(17)6-4-3-5-7-15/h8-9H,3-7,17H2,1-2H3. The first-order valence-corrected chi connectivity index (χ1v) is 6.66. The first-order valence-electron chi connectivity index (χ1n) is 6.66. The number of carbonyl (C=O) groups excluding carboxylic acids is 1. The lowest BCUT2D eigenvalue weighted by molar-refractivity contribution is 0.0599. The van der Waals surface area contributed by atoms with Crippen molar-refractivity contribution in [3.05, 3.63) is 34.6 Å². The van der Waals surface area contributed by atoms with E-state index < -0.39 is 17.3 Å². The number of methoxy groups -OCH3 is 1. The number of halogens is 1. The number of hydrogen-bond donors (Lipinski definition) is 1. The summed E-state index contributed by atoms with van der Waals surface area (Å²) in [6, 6.07) is 3.16. The molecular formula is C15H20FNO2. The summed E-state index contributed by atoms with van der Waals surface area (Å²) in [7, 11) is 1.30. The summed E-state index contributed by atoms with van der Waals surface area (Å²) in [4.78, 5) is 11.7. The maximum Gasteiger partial charge on any atom is 0.338 e. The SMILES string of the molecule is COC(=O)c1cc(C2(N)CCCCC2)cc(F)c1C. The van der Waals surface area contributed by atoms with Gasteiger partial charge in [0, 0.05) is 5.54 Å². The van der Waals surface area contributed by atoms with Crippen molar-refractivity contribution in [1.82, 2.24) is 0 Å². The number of nitrogens with two attached hydrogens (primary N) is 1. The van der Waals surface area contributed by atoms with Crippen LogP contribution in [0.5, 0.6) is 0 Å². The number of esters is 1. The van der Waals surface area contributed by atoms with Crippen LogP contribution in [-0.4, -0.2) is 13.1 Å². The van der Waals surface area contributed by atoms with Gasteiger partial charge in [0.05, 0.1) is 12.7 Å². The van der Waals surface area contributed by atoms with Crippen LogP contribution in [0, 0.1) is 12.7 Å². The van der Waals surface area contributed by atoms with Crippen molar-refractivity contribution in [3.63, 3.8) is 0 Å². The van der Waals surface area contributed by atoms with Crippen molar-refractivity contribution in [3.8, 4) is 0 Å². The fraction of sp³-hybridized carbons (Fsp3) is 0.533. The second-order valence-electron chi connectivity index (χ2n) is 5.34. The zero-order chi connectivity index (χ0) is 14.0. The first-order chi connectivity index (χ1) is 8.98. The maximum atomic E-state index is 14.0. The van der Waals surface area contributed by atoms with Gasteiger partial charge in [0.2, 0.25) is 0 Å². The molecule has 1 aliphatic rings. The summed E-state index contributed by atoms with van der Waals surface area (Å²) in [5.41, 5.74) is 7.16. The lowest BCUT2D eigenvalue weighted by atomic mass is 9.77. The van der Waals surface area contributed by atoms with E-state index >= 15 is 0 Å². The van der Waals surface area contributed by atoms with Gasteiger partial charge in [0.1, 0.15) is 5.82 Å². The van der Waals surface area contributed by atoms with E-state index in [0.29, 0.717) is 11.1 Å². The van der Waals surface area contributed by atoms with Gasteiger partial charge in [-0.15, -0.1) is 0 Å². The van der Waals surface area contributed by atoms with Crippen LogP contribution >= 0.6 is 0 Å². The van der Waals surface area contributed by atoms with E-state index in [1.165, 1.54) is 13.2 Å². The molecule has 0 spiro atoms. The van der Waals surface area contributed by atoms with Crippen molar-refractivity contribution < 1.29 is 13.9 Å². The van der Waals surface area contributed by atoms with Crippen molar-refractivity contribution in [2.75, 3.05) is 7.11 Å². The number of carbonyl (C=O) groups is 1. The van der Waals surface area contributed by atoms with E-state index in [-0.39, 0.29) is 5.56 Å². The molecule has 1 saturated carbocycles. The number of hydrogen-bond acceptors (Lipinski definition) is 3. The molecule has 0 radical (unpaired) electrons. The fourth-order valence-electron chi connectivity index (χ4n) is 2.76. The zero-order valence-electron chi connectivity index (χ0n) is 11.5. The Balaban J connectivity index is 2.47. The van der Waals surface area contributed by atoms with E-state index in [1.807, 2.05) is 0 Å². The molecular weight excluding hydrogens is 245 g/mol. The smallest absolute Gasteiger partial charge is 0.338 e. The van der Waals surface area contributed by atoms with Crippen LogP contribution in [0.25, 0.3) is 0 Å². The first kappa shape index (κ1) is 14.0. The third-order valence-corrected chi connectivity index (χ3v) is 4.07.